The third-order valence-corrected chi connectivity index (χ3v) is 4.12. The zero-order valence-electron chi connectivity index (χ0n) is 11.3. The monoisotopic (exact) mass is 254 g/mol. The minimum absolute atomic E-state index is 0.159. The first kappa shape index (κ1) is 13.8. The first-order valence-electron chi connectivity index (χ1n) is 7.42. The predicted molar refractivity (Wildman–Crippen MR) is 71.2 cm³/mol. The van der Waals surface area contributed by atoms with Crippen molar-refractivity contribution in [2.75, 3.05) is 19.7 Å². The van der Waals surface area contributed by atoms with Gasteiger partial charge in [-0.1, -0.05) is 0 Å². The number of nitrogens with two attached hydrogens (primary N) is 1. The van der Waals surface area contributed by atoms with Gasteiger partial charge in [0, 0.05) is 19.2 Å². The largest absolute Gasteiger partial charge is 0.378 e. The summed E-state index contributed by atoms with van der Waals surface area (Å²) in [5.74, 6) is 0.278. The topological polar surface area (TPSA) is 55.6 Å². The number of piperidine rings is 1. The van der Waals surface area contributed by atoms with Crippen molar-refractivity contribution in [2.24, 2.45) is 5.73 Å². The van der Waals surface area contributed by atoms with Gasteiger partial charge in [-0.05, 0) is 51.5 Å². The Bertz CT molecular complexity index is 263. The normalized spacial score (nSPS) is 29.3. The molecule has 0 saturated carbocycles. The van der Waals surface area contributed by atoms with E-state index in [-0.39, 0.29) is 12.0 Å². The Morgan fingerprint density at radius 2 is 2.06 bits per heavy atom. The molecule has 0 aromatic rings. The van der Waals surface area contributed by atoms with Gasteiger partial charge in [-0.15, -0.1) is 0 Å². The van der Waals surface area contributed by atoms with E-state index in [1.807, 2.05) is 0 Å². The van der Waals surface area contributed by atoms with Gasteiger partial charge in [-0.25, -0.2) is 0 Å². The van der Waals surface area contributed by atoms with E-state index in [1.54, 1.807) is 0 Å². The van der Waals surface area contributed by atoms with E-state index in [9.17, 15) is 4.79 Å². The summed E-state index contributed by atoms with van der Waals surface area (Å²) in [6, 6.07) is 0.375. The highest BCUT2D eigenvalue weighted by Crippen LogP contribution is 2.22. The highest BCUT2D eigenvalue weighted by molar-refractivity contribution is 5.77. The highest BCUT2D eigenvalue weighted by atomic mass is 16.5. The molecule has 2 heterocycles. The Kier molecular flexibility index (Phi) is 5.45. The van der Waals surface area contributed by atoms with Crippen LogP contribution < -0.4 is 5.73 Å². The maximum atomic E-state index is 12.4. The number of carbonyl (C=O) groups excluding carboxylic acids is 1. The molecular weight excluding hydrogens is 228 g/mol. The second-order valence-corrected chi connectivity index (χ2v) is 5.51. The Balaban J connectivity index is 1.84. The minimum Gasteiger partial charge on any atom is -0.378 e. The van der Waals surface area contributed by atoms with Crippen molar-refractivity contribution in [3.05, 3.63) is 0 Å². The Hall–Kier alpha value is -0.610. The highest BCUT2D eigenvalue weighted by Gasteiger charge is 2.28. The first-order valence-corrected chi connectivity index (χ1v) is 7.42. The minimum atomic E-state index is 0.159. The van der Waals surface area contributed by atoms with E-state index >= 15 is 0 Å². The van der Waals surface area contributed by atoms with Gasteiger partial charge in [0.25, 0.3) is 0 Å². The Labute approximate surface area is 110 Å². The molecule has 0 bridgehead atoms. The SMILES string of the molecule is NCCC1CCCCN1C(=O)CC1CCCCO1. The number of hydrogen-bond donors (Lipinski definition) is 1. The van der Waals surface area contributed by atoms with Crippen LogP contribution in [-0.2, 0) is 9.53 Å². The summed E-state index contributed by atoms with van der Waals surface area (Å²) < 4.78 is 5.66. The molecule has 2 N–H and O–H groups in total. The zero-order valence-corrected chi connectivity index (χ0v) is 11.3. The van der Waals surface area contributed by atoms with Crippen molar-refractivity contribution in [3.63, 3.8) is 0 Å². The van der Waals surface area contributed by atoms with E-state index in [0.717, 1.165) is 45.3 Å². The summed E-state index contributed by atoms with van der Waals surface area (Å²) in [6.45, 7) is 2.41. The van der Waals surface area contributed by atoms with Gasteiger partial charge in [0.15, 0.2) is 0 Å². The van der Waals surface area contributed by atoms with Crippen LogP contribution >= 0.6 is 0 Å². The van der Waals surface area contributed by atoms with Crippen LogP contribution in [0.5, 0.6) is 0 Å². The molecular formula is C14H26N2O2. The summed E-state index contributed by atoms with van der Waals surface area (Å²) in [6.07, 6.45) is 8.54. The van der Waals surface area contributed by atoms with Gasteiger partial charge >= 0.3 is 0 Å². The van der Waals surface area contributed by atoms with Crippen molar-refractivity contribution in [3.8, 4) is 0 Å². The fourth-order valence-electron chi connectivity index (χ4n) is 3.10. The van der Waals surface area contributed by atoms with E-state index in [4.69, 9.17) is 10.5 Å². The van der Waals surface area contributed by atoms with Crippen LogP contribution in [0.4, 0.5) is 0 Å². The number of amides is 1. The van der Waals surface area contributed by atoms with Gasteiger partial charge in [0.1, 0.15) is 0 Å². The molecule has 2 aliphatic rings. The third-order valence-electron chi connectivity index (χ3n) is 4.12. The van der Waals surface area contributed by atoms with Crippen LogP contribution in [0.25, 0.3) is 0 Å². The van der Waals surface area contributed by atoms with Gasteiger partial charge in [-0.3, -0.25) is 4.79 Å². The second kappa shape index (κ2) is 7.10. The molecule has 4 heteroatoms. The molecule has 2 aliphatic heterocycles. The van der Waals surface area contributed by atoms with Crippen LogP contribution in [0, 0.1) is 0 Å². The van der Waals surface area contributed by atoms with Gasteiger partial charge < -0.3 is 15.4 Å². The van der Waals surface area contributed by atoms with Crippen molar-refractivity contribution < 1.29 is 9.53 Å². The van der Waals surface area contributed by atoms with Gasteiger partial charge in [-0.2, -0.15) is 0 Å². The van der Waals surface area contributed by atoms with Crippen molar-refractivity contribution >= 4 is 5.91 Å². The van der Waals surface area contributed by atoms with E-state index in [1.165, 1.54) is 12.8 Å². The van der Waals surface area contributed by atoms with Crippen LogP contribution in [0.1, 0.15) is 51.4 Å². The van der Waals surface area contributed by atoms with E-state index in [2.05, 4.69) is 4.90 Å². The summed E-state index contributed by atoms with van der Waals surface area (Å²) in [5, 5.41) is 0. The molecule has 2 rings (SSSR count). The lowest BCUT2D eigenvalue weighted by Crippen LogP contribution is -2.45. The maximum Gasteiger partial charge on any atom is 0.225 e. The Morgan fingerprint density at radius 3 is 2.78 bits per heavy atom. The molecule has 104 valence electrons. The van der Waals surface area contributed by atoms with Crippen molar-refractivity contribution in [1.82, 2.24) is 4.90 Å². The molecule has 2 saturated heterocycles. The number of rotatable bonds is 4. The number of nitrogens with zero attached hydrogens (tertiary/aromatic N) is 1. The fourth-order valence-corrected chi connectivity index (χ4v) is 3.10. The van der Waals surface area contributed by atoms with Crippen LogP contribution in [0.3, 0.4) is 0 Å². The first-order chi connectivity index (χ1) is 8.81. The van der Waals surface area contributed by atoms with E-state index < -0.39 is 0 Å². The predicted octanol–water partition coefficient (Wildman–Crippen LogP) is 1.68. The number of ether oxygens (including phenoxy) is 1. The van der Waals surface area contributed by atoms with Crippen molar-refractivity contribution in [2.45, 2.75) is 63.5 Å². The Morgan fingerprint density at radius 1 is 1.22 bits per heavy atom. The molecule has 1 amide bonds. The summed E-state index contributed by atoms with van der Waals surface area (Å²) >= 11 is 0. The lowest BCUT2D eigenvalue weighted by atomic mass is 9.97. The lowest BCUT2D eigenvalue weighted by Gasteiger charge is -2.37. The van der Waals surface area contributed by atoms with Gasteiger partial charge in [0.2, 0.25) is 5.91 Å². The number of carbonyl (C=O) groups is 1. The smallest absolute Gasteiger partial charge is 0.225 e. The van der Waals surface area contributed by atoms with Gasteiger partial charge in [0.05, 0.1) is 12.5 Å². The average molecular weight is 254 g/mol. The van der Waals surface area contributed by atoms with Crippen molar-refractivity contribution in [1.29, 1.82) is 0 Å². The second-order valence-electron chi connectivity index (χ2n) is 5.51. The molecule has 2 fully saturated rings. The summed E-state index contributed by atoms with van der Waals surface area (Å²) in [4.78, 5) is 14.4. The van der Waals surface area contributed by atoms with Crippen LogP contribution in [0.15, 0.2) is 0 Å². The maximum absolute atomic E-state index is 12.4. The lowest BCUT2D eigenvalue weighted by molar-refractivity contribution is -0.138. The molecule has 2 unspecified atom stereocenters. The molecule has 4 nitrogen and oxygen atoms in total. The molecule has 0 aromatic heterocycles. The molecule has 0 aromatic carbocycles. The zero-order chi connectivity index (χ0) is 12.8. The molecule has 0 radical (unpaired) electrons. The summed E-state index contributed by atoms with van der Waals surface area (Å²) in [7, 11) is 0. The molecule has 0 spiro atoms. The number of likely N-dealkylation sites (tertiary alicyclic amines) is 1. The van der Waals surface area contributed by atoms with E-state index in [0.29, 0.717) is 19.0 Å². The summed E-state index contributed by atoms with van der Waals surface area (Å²) in [5.41, 5.74) is 5.64. The fraction of sp³-hybridized carbons (Fsp3) is 0.929. The third kappa shape index (κ3) is 3.69. The molecule has 0 aliphatic carbocycles. The quantitative estimate of drug-likeness (QED) is 0.830. The molecule has 18 heavy (non-hydrogen) atoms. The van der Waals surface area contributed by atoms with Crippen LogP contribution in [-0.4, -0.2) is 42.6 Å². The average Bonchev–Trinajstić information content (AvgIpc) is 2.41. The van der Waals surface area contributed by atoms with Crippen LogP contribution in [0.2, 0.25) is 0 Å². The standard InChI is InChI=1S/C14H26N2O2/c15-8-7-12-5-1-3-9-16(12)14(17)11-13-6-2-4-10-18-13/h12-13H,1-11,15H2. The number of hydrogen-bond acceptors (Lipinski definition) is 3. The molecule has 2 atom stereocenters.